The summed E-state index contributed by atoms with van der Waals surface area (Å²) in [5.74, 6) is -1.35. The van der Waals surface area contributed by atoms with Crippen LogP contribution >= 0.6 is 0 Å². The number of nitrogens with zero attached hydrogens (tertiary/aromatic N) is 2. The van der Waals surface area contributed by atoms with Crippen LogP contribution in [0.4, 0.5) is 4.79 Å². The van der Waals surface area contributed by atoms with E-state index in [1.165, 1.54) is 11.2 Å². The average molecular weight is 476 g/mol. The van der Waals surface area contributed by atoms with Gasteiger partial charge in [-0.2, -0.15) is 0 Å². The van der Waals surface area contributed by atoms with Gasteiger partial charge in [0, 0.05) is 18.5 Å². The Labute approximate surface area is 201 Å². The minimum absolute atomic E-state index is 0.0499. The number of nitrogens with one attached hydrogen (secondary N) is 1. The predicted molar refractivity (Wildman–Crippen MR) is 125 cm³/mol. The maximum absolute atomic E-state index is 13.0. The summed E-state index contributed by atoms with van der Waals surface area (Å²) in [6.45, 7) is 0.599. The van der Waals surface area contributed by atoms with Crippen LogP contribution in [0.25, 0.3) is 11.1 Å². The zero-order valence-electron chi connectivity index (χ0n) is 19.0. The van der Waals surface area contributed by atoms with Gasteiger partial charge < -0.3 is 24.6 Å². The standard InChI is InChI=1S/C26H25N3O6/c30-24(31)12-16-6-5-11-29(16)25(32)22-15-35-28-23(22)13-27-26(33)34-14-21-19-9-3-1-7-17(19)18-8-2-4-10-20(18)21/h1-4,7-10,15-16,21H,5-6,11-14H2,(H,27,33)(H,30,31)/t16-/m0/s1. The van der Waals surface area contributed by atoms with Gasteiger partial charge in [-0.15, -0.1) is 0 Å². The van der Waals surface area contributed by atoms with Crippen molar-refractivity contribution in [3.63, 3.8) is 0 Å². The Morgan fingerprint density at radius 2 is 1.77 bits per heavy atom. The molecule has 1 aromatic heterocycles. The van der Waals surface area contributed by atoms with Crippen LogP contribution in [0, 0.1) is 0 Å². The predicted octanol–water partition coefficient (Wildman–Crippen LogP) is 3.79. The summed E-state index contributed by atoms with van der Waals surface area (Å²) in [5.41, 5.74) is 5.00. The number of alkyl carbamates (subject to hydrolysis) is 1. The molecular formula is C26H25N3O6. The number of likely N-dealkylation sites (tertiary alicyclic amines) is 1. The van der Waals surface area contributed by atoms with Crippen LogP contribution < -0.4 is 5.32 Å². The molecular weight excluding hydrogens is 450 g/mol. The van der Waals surface area contributed by atoms with E-state index in [2.05, 4.69) is 22.6 Å². The molecule has 1 aliphatic carbocycles. The molecule has 2 aromatic carbocycles. The van der Waals surface area contributed by atoms with E-state index in [1.54, 1.807) is 0 Å². The number of carbonyl (C=O) groups is 3. The number of amides is 2. The Balaban J connectivity index is 1.20. The highest BCUT2D eigenvalue weighted by atomic mass is 16.5. The number of fused-ring (bicyclic) bond motifs is 3. The Morgan fingerprint density at radius 3 is 2.46 bits per heavy atom. The highest BCUT2D eigenvalue weighted by Crippen LogP contribution is 2.44. The summed E-state index contributed by atoms with van der Waals surface area (Å²) in [5, 5.41) is 15.6. The SMILES string of the molecule is O=C(O)C[C@@H]1CCCN1C(=O)c1conc1CNC(=O)OCC1c2ccccc2-c2ccccc21. The fourth-order valence-corrected chi connectivity index (χ4v) is 5.04. The van der Waals surface area contributed by atoms with Crippen molar-refractivity contribution in [3.8, 4) is 11.1 Å². The molecule has 0 saturated carbocycles. The molecule has 1 atom stereocenters. The third-order valence-electron chi connectivity index (χ3n) is 6.67. The van der Waals surface area contributed by atoms with Crippen molar-refractivity contribution in [1.82, 2.24) is 15.4 Å². The molecule has 9 nitrogen and oxygen atoms in total. The Morgan fingerprint density at radius 1 is 1.09 bits per heavy atom. The van der Waals surface area contributed by atoms with Crippen LogP contribution in [0.3, 0.4) is 0 Å². The lowest BCUT2D eigenvalue weighted by atomic mass is 9.98. The number of carboxylic acids is 1. The van der Waals surface area contributed by atoms with Crippen LogP contribution in [-0.4, -0.2) is 52.3 Å². The Bertz CT molecular complexity index is 1220. The van der Waals surface area contributed by atoms with E-state index in [4.69, 9.17) is 14.4 Å². The zero-order valence-corrected chi connectivity index (χ0v) is 19.0. The van der Waals surface area contributed by atoms with Gasteiger partial charge in [0.15, 0.2) is 0 Å². The van der Waals surface area contributed by atoms with Gasteiger partial charge in [0.1, 0.15) is 24.1 Å². The maximum atomic E-state index is 13.0. The quantitative estimate of drug-likeness (QED) is 0.533. The number of carbonyl (C=O) groups excluding carboxylic acids is 2. The third kappa shape index (κ3) is 4.49. The minimum Gasteiger partial charge on any atom is -0.481 e. The van der Waals surface area contributed by atoms with Gasteiger partial charge >= 0.3 is 12.1 Å². The number of ether oxygens (including phenoxy) is 1. The number of benzene rings is 2. The Hall–Kier alpha value is -4.14. The molecule has 2 N–H and O–H groups in total. The van der Waals surface area contributed by atoms with Crippen molar-refractivity contribution < 1.29 is 28.8 Å². The lowest BCUT2D eigenvalue weighted by Gasteiger charge is -2.23. The van der Waals surface area contributed by atoms with Crippen molar-refractivity contribution >= 4 is 18.0 Å². The molecule has 9 heteroatoms. The highest BCUT2D eigenvalue weighted by molar-refractivity contribution is 5.95. The largest absolute Gasteiger partial charge is 0.481 e. The molecule has 1 fully saturated rings. The number of rotatable bonds is 7. The summed E-state index contributed by atoms with van der Waals surface area (Å²) < 4.78 is 10.5. The molecule has 1 aliphatic heterocycles. The van der Waals surface area contributed by atoms with E-state index in [0.29, 0.717) is 13.0 Å². The average Bonchev–Trinajstić information content (AvgIpc) is 3.58. The topological polar surface area (TPSA) is 122 Å². The van der Waals surface area contributed by atoms with Crippen molar-refractivity contribution in [2.75, 3.05) is 13.2 Å². The maximum Gasteiger partial charge on any atom is 0.407 e. The van der Waals surface area contributed by atoms with Crippen LogP contribution in [0.1, 0.15) is 52.4 Å². The van der Waals surface area contributed by atoms with Gasteiger partial charge in [-0.05, 0) is 35.1 Å². The normalized spacial score (nSPS) is 16.6. The molecule has 1 saturated heterocycles. The summed E-state index contributed by atoms with van der Waals surface area (Å²) in [7, 11) is 0. The molecule has 0 bridgehead atoms. The van der Waals surface area contributed by atoms with Crippen LogP contribution in [0.5, 0.6) is 0 Å². The van der Waals surface area contributed by atoms with Gasteiger partial charge in [-0.25, -0.2) is 4.79 Å². The first kappa shape index (κ1) is 22.6. The number of aromatic nitrogens is 1. The van der Waals surface area contributed by atoms with E-state index in [0.717, 1.165) is 28.7 Å². The van der Waals surface area contributed by atoms with Crippen LogP contribution in [0.15, 0.2) is 59.3 Å². The molecule has 0 spiro atoms. The van der Waals surface area contributed by atoms with Gasteiger partial charge in [0.05, 0.1) is 13.0 Å². The first-order valence-corrected chi connectivity index (χ1v) is 11.6. The third-order valence-corrected chi connectivity index (χ3v) is 6.67. The second-order valence-corrected chi connectivity index (χ2v) is 8.75. The first-order valence-electron chi connectivity index (χ1n) is 11.6. The van der Waals surface area contributed by atoms with Gasteiger partial charge in [0.2, 0.25) is 0 Å². The van der Waals surface area contributed by atoms with Crippen molar-refractivity contribution in [2.24, 2.45) is 0 Å². The molecule has 0 radical (unpaired) electrons. The number of carboxylic acid groups (broad SMARTS) is 1. The fraction of sp³-hybridized carbons (Fsp3) is 0.308. The number of hydrogen-bond acceptors (Lipinski definition) is 6. The number of hydrogen-bond donors (Lipinski definition) is 2. The summed E-state index contributed by atoms with van der Waals surface area (Å²) in [6.07, 6.45) is 1.87. The smallest absolute Gasteiger partial charge is 0.407 e. The first-order chi connectivity index (χ1) is 17.0. The van der Waals surface area contributed by atoms with E-state index < -0.39 is 12.1 Å². The molecule has 35 heavy (non-hydrogen) atoms. The fourth-order valence-electron chi connectivity index (χ4n) is 5.04. The zero-order chi connectivity index (χ0) is 24.4. The van der Waals surface area contributed by atoms with E-state index >= 15 is 0 Å². The molecule has 3 aromatic rings. The molecule has 2 heterocycles. The molecule has 2 amide bonds. The van der Waals surface area contributed by atoms with E-state index in [-0.39, 0.29) is 48.7 Å². The highest BCUT2D eigenvalue weighted by Gasteiger charge is 2.33. The molecule has 2 aliphatic rings. The van der Waals surface area contributed by atoms with Crippen LogP contribution in [-0.2, 0) is 16.1 Å². The molecule has 0 unspecified atom stereocenters. The second kappa shape index (κ2) is 9.61. The van der Waals surface area contributed by atoms with E-state index in [9.17, 15) is 14.4 Å². The molecule has 5 rings (SSSR count). The summed E-state index contributed by atoms with van der Waals surface area (Å²) >= 11 is 0. The summed E-state index contributed by atoms with van der Waals surface area (Å²) in [6, 6.07) is 15.8. The number of aliphatic carboxylic acids is 1. The van der Waals surface area contributed by atoms with Gasteiger partial charge in [0.25, 0.3) is 5.91 Å². The van der Waals surface area contributed by atoms with Gasteiger partial charge in [-0.3, -0.25) is 9.59 Å². The lowest BCUT2D eigenvalue weighted by Crippen LogP contribution is -2.37. The minimum atomic E-state index is -0.947. The van der Waals surface area contributed by atoms with Crippen LogP contribution in [0.2, 0.25) is 0 Å². The lowest BCUT2D eigenvalue weighted by molar-refractivity contribution is -0.137. The van der Waals surface area contributed by atoms with E-state index in [1.807, 2.05) is 36.4 Å². The second-order valence-electron chi connectivity index (χ2n) is 8.75. The Kier molecular flexibility index (Phi) is 6.22. The van der Waals surface area contributed by atoms with Gasteiger partial charge in [-0.1, -0.05) is 53.7 Å². The molecule has 180 valence electrons. The van der Waals surface area contributed by atoms with Crippen molar-refractivity contribution in [1.29, 1.82) is 0 Å². The van der Waals surface area contributed by atoms with Crippen molar-refractivity contribution in [2.45, 2.75) is 37.8 Å². The monoisotopic (exact) mass is 475 g/mol. The van der Waals surface area contributed by atoms with Crippen molar-refractivity contribution in [3.05, 3.63) is 77.2 Å². The summed E-state index contributed by atoms with van der Waals surface area (Å²) in [4.78, 5) is 38.1.